The molecule has 28 heavy (non-hydrogen) atoms. The number of carboxylic acids is 2. The standard InChI is InChI=1S/C17H29N3O8/c1-10(21)7-6-8-11(20(5)16(26)27-17(2,3)4)14(18)19-28-12(15(24)25)9-13(22)23/h9-11,21H,6-8H2,1-5H3,(H2,18,19)(H,22,23)(H,24,25). The summed E-state index contributed by atoms with van der Waals surface area (Å²) in [5.74, 6) is -4.38. The SMILES string of the molecule is CC(O)CCCC(C(N)=NOC(=CC(=O)O)C(=O)O)N(C)C(=O)OC(C)(C)C. The zero-order chi connectivity index (χ0) is 22.1. The largest absolute Gasteiger partial charge is 0.478 e. The fraction of sp³-hybridized carbons (Fsp3) is 0.647. The van der Waals surface area contributed by atoms with Crippen molar-refractivity contribution in [1.82, 2.24) is 4.90 Å². The van der Waals surface area contributed by atoms with E-state index in [1.165, 1.54) is 11.9 Å². The van der Waals surface area contributed by atoms with E-state index >= 15 is 0 Å². The Morgan fingerprint density at radius 1 is 1.21 bits per heavy atom. The molecule has 0 heterocycles. The van der Waals surface area contributed by atoms with Crippen LogP contribution in [0.4, 0.5) is 4.79 Å². The zero-order valence-corrected chi connectivity index (χ0v) is 16.7. The number of ether oxygens (including phenoxy) is 1. The lowest BCUT2D eigenvalue weighted by Gasteiger charge is -2.30. The summed E-state index contributed by atoms with van der Waals surface area (Å²) in [6, 6.07) is -0.825. The van der Waals surface area contributed by atoms with Gasteiger partial charge in [-0.3, -0.25) is 0 Å². The van der Waals surface area contributed by atoms with E-state index < -0.39 is 41.5 Å². The van der Waals surface area contributed by atoms with Gasteiger partial charge in [-0.2, -0.15) is 0 Å². The number of aliphatic carboxylic acids is 2. The number of hydrogen-bond acceptors (Lipinski definition) is 7. The molecule has 0 aliphatic rings. The number of oxime groups is 1. The number of likely N-dealkylation sites (N-methyl/N-ethyl adjacent to an activating group) is 1. The number of nitrogens with zero attached hydrogens (tertiary/aromatic N) is 2. The molecule has 0 aromatic heterocycles. The molecule has 5 N–H and O–H groups in total. The molecule has 2 atom stereocenters. The number of amidine groups is 1. The molecule has 0 bridgehead atoms. The van der Waals surface area contributed by atoms with Crippen molar-refractivity contribution in [3.63, 3.8) is 0 Å². The molecule has 11 nitrogen and oxygen atoms in total. The monoisotopic (exact) mass is 403 g/mol. The Morgan fingerprint density at radius 2 is 1.79 bits per heavy atom. The van der Waals surface area contributed by atoms with Crippen LogP contribution in [0.5, 0.6) is 0 Å². The Balaban J connectivity index is 5.48. The van der Waals surface area contributed by atoms with Crippen LogP contribution in [0.15, 0.2) is 17.0 Å². The second-order valence-corrected chi connectivity index (χ2v) is 7.15. The van der Waals surface area contributed by atoms with Crippen LogP contribution < -0.4 is 5.73 Å². The number of hydrogen-bond donors (Lipinski definition) is 4. The van der Waals surface area contributed by atoms with Gasteiger partial charge in [-0.1, -0.05) is 5.16 Å². The molecule has 1 amide bonds. The van der Waals surface area contributed by atoms with Crippen LogP contribution in [-0.2, 0) is 19.2 Å². The van der Waals surface area contributed by atoms with Crippen LogP contribution in [0.2, 0.25) is 0 Å². The quantitative estimate of drug-likeness (QED) is 0.137. The Bertz CT molecular complexity index is 622. The van der Waals surface area contributed by atoms with Crippen LogP contribution in [0.3, 0.4) is 0 Å². The first-order valence-corrected chi connectivity index (χ1v) is 8.56. The lowest BCUT2D eigenvalue weighted by Crippen LogP contribution is -2.47. The highest BCUT2D eigenvalue weighted by Crippen LogP contribution is 2.15. The number of aliphatic hydroxyl groups is 1. The summed E-state index contributed by atoms with van der Waals surface area (Å²) in [6.07, 6.45) is 0.268. The minimum atomic E-state index is -1.65. The maximum Gasteiger partial charge on any atom is 0.410 e. The topological polar surface area (TPSA) is 172 Å². The van der Waals surface area contributed by atoms with Gasteiger partial charge in [0.1, 0.15) is 5.60 Å². The van der Waals surface area contributed by atoms with E-state index in [4.69, 9.17) is 20.7 Å². The van der Waals surface area contributed by atoms with Crippen molar-refractivity contribution in [3.05, 3.63) is 11.8 Å². The maximum absolute atomic E-state index is 12.3. The van der Waals surface area contributed by atoms with Crippen LogP contribution in [0.25, 0.3) is 0 Å². The number of nitrogens with two attached hydrogens (primary N) is 1. The maximum atomic E-state index is 12.3. The first-order chi connectivity index (χ1) is 12.7. The second kappa shape index (κ2) is 11.1. The van der Waals surface area contributed by atoms with E-state index in [0.717, 1.165) is 0 Å². The summed E-state index contributed by atoms with van der Waals surface area (Å²) < 4.78 is 5.28. The Hall–Kier alpha value is -2.82. The molecule has 0 fully saturated rings. The van der Waals surface area contributed by atoms with Crippen molar-refractivity contribution < 1.29 is 39.3 Å². The molecule has 160 valence electrons. The van der Waals surface area contributed by atoms with Crippen molar-refractivity contribution >= 4 is 23.9 Å². The highest BCUT2D eigenvalue weighted by molar-refractivity contribution is 5.93. The summed E-state index contributed by atoms with van der Waals surface area (Å²) >= 11 is 0. The van der Waals surface area contributed by atoms with Crippen molar-refractivity contribution in [1.29, 1.82) is 0 Å². The number of carbonyl (C=O) groups excluding carboxylic acids is 1. The molecule has 0 spiro atoms. The van der Waals surface area contributed by atoms with Gasteiger partial charge < -0.3 is 35.5 Å². The third-order valence-electron chi connectivity index (χ3n) is 3.30. The van der Waals surface area contributed by atoms with Gasteiger partial charge in [-0.15, -0.1) is 0 Å². The van der Waals surface area contributed by atoms with Crippen molar-refractivity contribution in [2.45, 2.75) is 64.7 Å². The Labute approximate surface area is 163 Å². The molecule has 0 rings (SSSR count). The molecule has 0 aliphatic carbocycles. The lowest BCUT2D eigenvalue weighted by atomic mass is 10.1. The molecule has 11 heteroatoms. The lowest BCUT2D eigenvalue weighted by molar-refractivity contribution is -0.138. The number of aliphatic hydroxyl groups excluding tert-OH is 1. The van der Waals surface area contributed by atoms with Gasteiger partial charge in [0.2, 0.25) is 5.76 Å². The molecule has 0 saturated heterocycles. The van der Waals surface area contributed by atoms with E-state index in [-0.39, 0.29) is 12.3 Å². The van der Waals surface area contributed by atoms with E-state index in [1.54, 1.807) is 27.7 Å². The molecule has 0 saturated carbocycles. The van der Waals surface area contributed by atoms with Crippen LogP contribution in [0.1, 0.15) is 47.0 Å². The third kappa shape index (κ3) is 10.4. The van der Waals surface area contributed by atoms with Gasteiger partial charge in [-0.25, -0.2) is 14.4 Å². The van der Waals surface area contributed by atoms with Gasteiger partial charge in [0.05, 0.1) is 18.2 Å². The van der Waals surface area contributed by atoms with E-state index in [0.29, 0.717) is 18.9 Å². The minimum Gasteiger partial charge on any atom is -0.478 e. The van der Waals surface area contributed by atoms with Gasteiger partial charge in [0.15, 0.2) is 5.84 Å². The Morgan fingerprint density at radius 3 is 2.21 bits per heavy atom. The summed E-state index contributed by atoms with van der Waals surface area (Å²) in [5.41, 5.74) is 5.11. The van der Waals surface area contributed by atoms with Crippen LogP contribution in [-0.4, -0.2) is 68.9 Å². The molecule has 0 aliphatic heterocycles. The number of rotatable bonds is 10. The molecule has 2 unspecified atom stereocenters. The van der Waals surface area contributed by atoms with Crippen LogP contribution >= 0.6 is 0 Å². The molecule has 0 radical (unpaired) electrons. The average Bonchev–Trinajstić information content (AvgIpc) is 2.52. The highest BCUT2D eigenvalue weighted by Gasteiger charge is 2.28. The number of carbonyl (C=O) groups is 3. The predicted octanol–water partition coefficient (Wildman–Crippen LogP) is 1.11. The van der Waals surface area contributed by atoms with Gasteiger partial charge in [0.25, 0.3) is 0 Å². The fourth-order valence-corrected chi connectivity index (χ4v) is 2.01. The number of amides is 1. The summed E-state index contributed by atoms with van der Waals surface area (Å²) in [6.45, 7) is 6.69. The second-order valence-electron chi connectivity index (χ2n) is 7.15. The minimum absolute atomic E-state index is 0.253. The molecule has 0 aromatic rings. The zero-order valence-electron chi connectivity index (χ0n) is 16.7. The van der Waals surface area contributed by atoms with Crippen molar-refractivity contribution in [2.75, 3.05) is 7.05 Å². The summed E-state index contributed by atoms with van der Waals surface area (Å²) in [4.78, 5) is 39.7. The first-order valence-electron chi connectivity index (χ1n) is 8.56. The average molecular weight is 403 g/mol. The first kappa shape index (κ1) is 25.2. The van der Waals surface area contributed by atoms with Gasteiger partial charge in [0, 0.05) is 7.05 Å². The van der Waals surface area contributed by atoms with Gasteiger partial charge >= 0.3 is 18.0 Å². The molecule has 0 aromatic carbocycles. The van der Waals surface area contributed by atoms with E-state index in [1.807, 2.05) is 0 Å². The fourth-order valence-electron chi connectivity index (χ4n) is 2.01. The van der Waals surface area contributed by atoms with Crippen molar-refractivity contribution in [3.8, 4) is 0 Å². The smallest absolute Gasteiger partial charge is 0.410 e. The van der Waals surface area contributed by atoms with Crippen LogP contribution in [0, 0.1) is 0 Å². The number of carboxylic acid groups (broad SMARTS) is 2. The van der Waals surface area contributed by atoms with Gasteiger partial charge in [-0.05, 0) is 47.0 Å². The van der Waals surface area contributed by atoms with E-state index in [2.05, 4.69) is 9.99 Å². The summed E-state index contributed by atoms with van der Waals surface area (Å²) in [5, 5.41) is 30.4. The summed E-state index contributed by atoms with van der Waals surface area (Å²) in [7, 11) is 1.43. The van der Waals surface area contributed by atoms with E-state index in [9.17, 15) is 19.5 Å². The molecular weight excluding hydrogens is 374 g/mol. The Kier molecular flexibility index (Phi) is 10.0. The normalized spacial score (nSPS) is 14.8. The third-order valence-corrected chi connectivity index (χ3v) is 3.30. The van der Waals surface area contributed by atoms with Crippen molar-refractivity contribution in [2.24, 2.45) is 10.9 Å². The molecular formula is C17H29N3O8. The predicted molar refractivity (Wildman–Crippen MR) is 99.4 cm³/mol. The highest BCUT2D eigenvalue weighted by atomic mass is 16.6.